The van der Waals surface area contributed by atoms with Gasteiger partial charge in [-0.1, -0.05) is 18.2 Å². The van der Waals surface area contributed by atoms with E-state index in [1.165, 1.54) is 6.07 Å². The number of carboxylic acid groups (broad SMARTS) is 1. The molecule has 1 aliphatic heterocycles. The second kappa shape index (κ2) is 4.58. The molecule has 17 heavy (non-hydrogen) atoms. The summed E-state index contributed by atoms with van der Waals surface area (Å²) in [7, 11) is 0. The number of carbonyl (C=O) groups is 3. The second-order valence-corrected chi connectivity index (χ2v) is 4.75. The van der Waals surface area contributed by atoms with Crippen LogP contribution in [-0.4, -0.2) is 23.0 Å². The predicted octanol–water partition coefficient (Wildman–Crippen LogP) is -0.443. The van der Waals surface area contributed by atoms with E-state index in [0.29, 0.717) is 4.90 Å². The maximum Gasteiger partial charge on any atom is 0.240 e. The van der Waals surface area contributed by atoms with Crippen molar-refractivity contribution in [3.63, 3.8) is 0 Å². The maximum absolute atomic E-state index is 11.4. The van der Waals surface area contributed by atoms with Crippen molar-refractivity contribution in [2.75, 3.05) is 0 Å². The highest BCUT2D eigenvalue weighted by Crippen LogP contribution is 2.30. The van der Waals surface area contributed by atoms with Crippen LogP contribution in [0.25, 0.3) is 0 Å². The molecule has 0 aliphatic carbocycles. The van der Waals surface area contributed by atoms with Crippen LogP contribution in [0.3, 0.4) is 0 Å². The Kier molecular flexibility index (Phi) is 3.14. The zero-order chi connectivity index (χ0) is 12.4. The van der Waals surface area contributed by atoms with Crippen LogP contribution in [-0.2, 0) is 9.59 Å². The van der Waals surface area contributed by atoms with Crippen molar-refractivity contribution in [2.24, 2.45) is 0 Å². The first-order chi connectivity index (χ1) is 8.08. The lowest BCUT2D eigenvalue weighted by Gasteiger charge is -2.11. The molecule has 1 aliphatic rings. The first-order valence-electron chi connectivity index (χ1n) is 4.88. The molecule has 0 aromatic heterocycles. The smallest absolute Gasteiger partial charge is 0.240 e. The Hall–Kier alpha value is -1.82. The number of aromatic carboxylic acids is 1. The van der Waals surface area contributed by atoms with Crippen molar-refractivity contribution in [1.82, 2.24) is 5.32 Å². The van der Waals surface area contributed by atoms with E-state index in [1.54, 1.807) is 18.2 Å². The Morgan fingerprint density at radius 3 is 2.65 bits per heavy atom. The Labute approximate surface area is 101 Å². The largest absolute Gasteiger partial charge is 0.545 e. The van der Waals surface area contributed by atoms with E-state index in [4.69, 9.17) is 0 Å². The number of amides is 2. The Morgan fingerprint density at radius 2 is 2.06 bits per heavy atom. The van der Waals surface area contributed by atoms with Gasteiger partial charge in [0.15, 0.2) is 0 Å². The SMILES string of the molecule is O=C1CC(Sc2ccccc2C(=O)[O-])C(=O)N1. The number of hydrogen-bond acceptors (Lipinski definition) is 5. The molecule has 6 heteroatoms. The van der Waals surface area contributed by atoms with Crippen molar-refractivity contribution in [3.05, 3.63) is 29.8 Å². The minimum absolute atomic E-state index is 0.0321. The van der Waals surface area contributed by atoms with E-state index < -0.39 is 11.2 Å². The number of carboxylic acids is 1. The molecule has 88 valence electrons. The molecule has 0 saturated carbocycles. The molecular weight excluding hydrogens is 242 g/mol. The van der Waals surface area contributed by atoms with Gasteiger partial charge >= 0.3 is 0 Å². The highest BCUT2D eigenvalue weighted by Gasteiger charge is 2.31. The first-order valence-corrected chi connectivity index (χ1v) is 5.76. The van der Waals surface area contributed by atoms with Gasteiger partial charge in [0.1, 0.15) is 0 Å². The summed E-state index contributed by atoms with van der Waals surface area (Å²) in [5.41, 5.74) is 0.0321. The molecule has 1 atom stereocenters. The number of nitrogens with one attached hydrogen (secondary N) is 1. The van der Waals surface area contributed by atoms with E-state index in [0.717, 1.165) is 11.8 Å². The number of hydrogen-bond donors (Lipinski definition) is 1. The summed E-state index contributed by atoms with van der Waals surface area (Å²) < 4.78 is 0. The third-order valence-corrected chi connectivity index (χ3v) is 3.58. The van der Waals surface area contributed by atoms with Crippen LogP contribution in [0.15, 0.2) is 29.2 Å². The molecule has 1 N–H and O–H groups in total. The molecule has 5 nitrogen and oxygen atoms in total. The van der Waals surface area contributed by atoms with Gasteiger partial charge in [0.2, 0.25) is 11.8 Å². The molecule has 1 aromatic rings. The van der Waals surface area contributed by atoms with Crippen molar-refractivity contribution in [1.29, 1.82) is 0 Å². The standard InChI is InChI=1S/C11H9NO4S/c13-9-5-8(10(14)12-9)17-7-4-2-1-3-6(7)11(15)16/h1-4,8H,5H2,(H,15,16)(H,12,13,14)/p-1. The monoisotopic (exact) mass is 250 g/mol. The fourth-order valence-electron chi connectivity index (χ4n) is 1.52. The molecule has 0 radical (unpaired) electrons. The number of rotatable bonds is 3. The van der Waals surface area contributed by atoms with Crippen LogP contribution in [0.1, 0.15) is 16.8 Å². The molecule has 0 bridgehead atoms. The summed E-state index contributed by atoms with van der Waals surface area (Å²) in [5.74, 6) is -2.01. The molecule has 1 fully saturated rings. The minimum atomic E-state index is -1.29. The number of imide groups is 1. The molecule has 1 saturated heterocycles. The van der Waals surface area contributed by atoms with Crippen molar-refractivity contribution < 1.29 is 19.5 Å². The summed E-state index contributed by atoms with van der Waals surface area (Å²) in [4.78, 5) is 33.6. The van der Waals surface area contributed by atoms with Gasteiger partial charge in [-0.05, 0) is 6.07 Å². The van der Waals surface area contributed by atoms with Gasteiger partial charge in [0.05, 0.1) is 11.2 Å². The topological polar surface area (TPSA) is 86.3 Å². The zero-order valence-electron chi connectivity index (χ0n) is 8.64. The van der Waals surface area contributed by atoms with E-state index in [2.05, 4.69) is 5.32 Å². The van der Waals surface area contributed by atoms with Gasteiger partial charge in [-0.3, -0.25) is 14.9 Å². The molecular formula is C11H8NO4S-. The Balaban J connectivity index is 2.22. The van der Waals surface area contributed by atoms with Crippen molar-refractivity contribution >= 4 is 29.5 Å². The maximum atomic E-state index is 11.4. The molecule has 1 unspecified atom stereocenters. The van der Waals surface area contributed by atoms with E-state index >= 15 is 0 Å². The fourth-order valence-corrected chi connectivity index (χ4v) is 2.66. The normalized spacial score (nSPS) is 19.2. The molecule has 2 amide bonds. The van der Waals surface area contributed by atoms with Crippen LogP contribution in [0.5, 0.6) is 0 Å². The quantitative estimate of drug-likeness (QED) is 0.735. The van der Waals surface area contributed by atoms with Gasteiger partial charge in [-0.2, -0.15) is 0 Å². The summed E-state index contributed by atoms with van der Waals surface area (Å²) in [5, 5.41) is 12.5. The number of thioether (sulfide) groups is 1. The van der Waals surface area contributed by atoms with Crippen LogP contribution >= 0.6 is 11.8 Å². The average Bonchev–Trinajstić information content (AvgIpc) is 2.58. The Morgan fingerprint density at radius 1 is 1.35 bits per heavy atom. The lowest BCUT2D eigenvalue weighted by molar-refractivity contribution is -0.255. The molecule has 1 aromatic carbocycles. The summed E-state index contributed by atoms with van der Waals surface area (Å²) in [6.07, 6.45) is 0.0743. The number of benzene rings is 1. The van der Waals surface area contributed by atoms with E-state index in [9.17, 15) is 19.5 Å². The van der Waals surface area contributed by atoms with Crippen LogP contribution in [0, 0.1) is 0 Å². The highest BCUT2D eigenvalue weighted by atomic mass is 32.2. The Bertz CT molecular complexity index is 500. The highest BCUT2D eigenvalue weighted by molar-refractivity contribution is 8.00. The number of carbonyl (C=O) groups excluding carboxylic acids is 3. The van der Waals surface area contributed by atoms with E-state index in [-0.39, 0.29) is 23.8 Å². The molecule has 1 heterocycles. The van der Waals surface area contributed by atoms with Crippen LogP contribution in [0.2, 0.25) is 0 Å². The minimum Gasteiger partial charge on any atom is -0.545 e. The fraction of sp³-hybridized carbons (Fsp3) is 0.182. The van der Waals surface area contributed by atoms with Gasteiger partial charge in [0.25, 0.3) is 0 Å². The predicted molar refractivity (Wildman–Crippen MR) is 58.2 cm³/mol. The summed E-state index contributed by atoms with van der Waals surface area (Å²) in [6.45, 7) is 0. The van der Waals surface area contributed by atoms with Gasteiger partial charge < -0.3 is 9.90 Å². The lowest BCUT2D eigenvalue weighted by atomic mass is 10.2. The zero-order valence-corrected chi connectivity index (χ0v) is 9.45. The molecule has 2 rings (SSSR count). The second-order valence-electron chi connectivity index (χ2n) is 3.51. The summed E-state index contributed by atoms with van der Waals surface area (Å²) >= 11 is 1.06. The van der Waals surface area contributed by atoms with Crippen LogP contribution in [0.4, 0.5) is 0 Å². The van der Waals surface area contributed by atoms with Gasteiger partial charge in [-0.15, -0.1) is 11.8 Å². The first kappa shape index (κ1) is 11.7. The van der Waals surface area contributed by atoms with Crippen LogP contribution < -0.4 is 10.4 Å². The van der Waals surface area contributed by atoms with Gasteiger partial charge in [0, 0.05) is 16.9 Å². The third-order valence-electron chi connectivity index (χ3n) is 2.30. The van der Waals surface area contributed by atoms with E-state index in [1.807, 2.05) is 0 Å². The molecule has 0 spiro atoms. The summed E-state index contributed by atoms with van der Waals surface area (Å²) in [6, 6.07) is 6.25. The van der Waals surface area contributed by atoms with Crippen molar-refractivity contribution in [2.45, 2.75) is 16.6 Å². The lowest BCUT2D eigenvalue weighted by Crippen LogP contribution is -2.24. The third kappa shape index (κ3) is 2.47. The van der Waals surface area contributed by atoms with Crippen molar-refractivity contribution in [3.8, 4) is 0 Å². The average molecular weight is 250 g/mol. The van der Waals surface area contributed by atoms with Gasteiger partial charge in [-0.25, -0.2) is 0 Å².